The first kappa shape index (κ1) is 16.5. The predicted molar refractivity (Wildman–Crippen MR) is 95.9 cm³/mol. The number of aromatic nitrogens is 2. The van der Waals surface area contributed by atoms with Crippen LogP contribution < -0.4 is 5.56 Å². The lowest BCUT2D eigenvalue weighted by molar-refractivity contribution is -0.00955. The highest BCUT2D eigenvalue weighted by molar-refractivity contribution is 5.94. The molecule has 0 radical (unpaired) electrons. The highest BCUT2D eigenvalue weighted by atomic mass is 16.3. The molecular formula is C20H27N3O3. The van der Waals surface area contributed by atoms with Crippen LogP contribution >= 0.6 is 0 Å². The van der Waals surface area contributed by atoms with E-state index in [1.54, 1.807) is 4.90 Å². The SMILES string of the molecule is O=C(c1cnc(C23CC4CC(CC(C4)C2)C3)[nH]c1=O)N1CCCC1CO. The average Bonchev–Trinajstić information content (AvgIpc) is 3.08. The van der Waals surface area contributed by atoms with Crippen molar-refractivity contribution in [1.29, 1.82) is 0 Å². The summed E-state index contributed by atoms with van der Waals surface area (Å²) < 4.78 is 0. The highest BCUT2D eigenvalue weighted by Crippen LogP contribution is 2.59. The number of carbonyl (C=O) groups is 1. The molecule has 26 heavy (non-hydrogen) atoms. The van der Waals surface area contributed by atoms with Gasteiger partial charge in [-0.25, -0.2) is 4.98 Å². The number of nitrogens with one attached hydrogen (secondary N) is 1. The van der Waals surface area contributed by atoms with E-state index in [-0.39, 0.29) is 35.1 Å². The van der Waals surface area contributed by atoms with E-state index in [1.165, 1.54) is 25.5 Å². The largest absolute Gasteiger partial charge is 0.394 e. The molecule has 0 spiro atoms. The quantitative estimate of drug-likeness (QED) is 0.864. The smallest absolute Gasteiger partial charge is 0.263 e. The van der Waals surface area contributed by atoms with E-state index in [0.29, 0.717) is 6.54 Å². The third-order valence-corrected chi connectivity index (χ3v) is 7.42. The molecule has 1 atom stereocenters. The summed E-state index contributed by atoms with van der Waals surface area (Å²) in [5.41, 5.74) is -0.185. The van der Waals surface area contributed by atoms with Crippen molar-refractivity contribution in [3.8, 4) is 0 Å². The van der Waals surface area contributed by atoms with Crippen LogP contribution in [0, 0.1) is 17.8 Å². The van der Waals surface area contributed by atoms with E-state index < -0.39 is 0 Å². The second kappa shape index (κ2) is 5.91. The first-order valence-electron chi connectivity index (χ1n) is 10.1. The van der Waals surface area contributed by atoms with Crippen molar-refractivity contribution in [2.75, 3.05) is 13.2 Å². The van der Waals surface area contributed by atoms with Gasteiger partial charge in [0.2, 0.25) is 0 Å². The normalized spacial score (nSPS) is 38.1. The van der Waals surface area contributed by atoms with Crippen LogP contribution in [0.15, 0.2) is 11.0 Å². The van der Waals surface area contributed by atoms with E-state index >= 15 is 0 Å². The molecular weight excluding hydrogens is 330 g/mol. The van der Waals surface area contributed by atoms with Gasteiger partial charge >= 0.3 is 0 Å². The Balaban J connectivity index is 1.44. The second-order valence-corrected chi connectivity index (χ2v) is 9.15. The fourth-order valence-corrected chi connectivity index (χ4v) is 6.66. The van der Waals surface area contributed by atoms with Gasteiger partial charge in [0, 0.05) is 18.2 Å². The van der Waals surface area contributed by atoms with Crippen molar-refractivity contribution in [3.63, 3.8) is 0 Å². The van der Waals surface area contributed by atoms with Gasteiger partial charge in [0.15, 0.2) is 0 Å². The van der Waals surface area contributed by atoms with Gasteiger partial charge in [-0.2, -0.15) is 0 Å². The number of amides is 1. The van der Waals surface area contributed by atoms with Crippen LogP contribution in [-0.2, 0) is 5.41 Å². The van der Waals surface area contributed by atoms with E-state index in [2.05, 4.69) is 9.97 Å². The molecule has 1 unspecified atom stereocenters. The third kappa shape index (κ3) is 2.45. The minimum atomic E-state index is -0.320. The Morgan fingerprint density at radius 1 is 1.23 bits per heavy atom. The molecule has 1 amide bonds. The monoisotopic (exact) mass is 357 g/mol. The summed E-state index contributed by atoms with van der Waals surface area (Å²) in [6, 6.07) is -0.176. The second-order valence-electron chi connectivity index (χ2n) is 9.15. The Morgan fingerprint density at radius 3 is 2.46 bits per heavy atom. The summed E-state index contributed by atoms with van der Waals surface area (Å²) >= 11 is 0. The molecule has 1 aromatic rings. The topological polar surface area (TPSA) is 86.3 Å². The van der Waals surface area contributed by atoms with Gasteiger partial charge in [0.05, 0.1) is 12.6 Å². The Bertz CT molecular complexity index is 751. The summed E-state index contributed by atoms with van der Waals surface area (Å²) in [6.45, 7) is 0.544. The maximum absolute atomic E-state index is 12.8. The van der Waals surface area contributed by atoms with Crippen molar-refractivity contribution in [3.05, 3.63) is 27.9 Å². The molecule has 0 aromatic carbocycles. The zero-order chi connectivity index (χ0) is 17.9. The lowest BCUT2D eigenvalue weighted by Crippen LogP contribution is -2.50. The summed E-state index contributed by atoms with van der Waals surface area (Å²) in [6.07, 6.45) is 10.6. The van der Waals surface area contributed by atoms with E-state index in [1.807, 2.05) is 0 Å². The lowest BCUT2D eigenvalue weighted by Gasteiger charge is -2.56. The molecule has 4 saturated carbocycles. The van der Waals surface area contributed by atoms with Gasteiger partial charge < -0.3 is 15.0 Å². The molecule has 5 aliphatic rings. The number of hydrogen-bond acceptors (Lipinski definition) is 4. The van der Waals surface area contributed by atoms with Gasteiger partial charge in [-0.15, -0.1) is 0 Å². The van der Waals surface area contributed by atoms with E-state index in [9.17, 15) is 14.7 Å². The molecule has 4 aliphatic carbocycles. The standard InChI is InChI=1S/C20H27N3O3/c24-11-15-2-1-3-23(15)18(26)16-10-21-19(22-17(16)25)20-7-12-4-13(8-20)6-14(5-12)9-20/h10,12-15,24H,1-9,11H2,(H,21,22,25). The van der Waals surface area contributed by atoms with Crippen molar-refractivity contribution in [2.45, 2.75) is 62.8 Å². The first-order chi connectivity index (χ1) is 12.6. The highest BCUT2D eigenvalue weighted by Gasteiger charge is 2.53. The summed E-state index contributed by atoms with van der Waals surface area (Å²) in [5.74, 6) is 2.85. The molecule has 1 aliphatic heterocycles. The summed E-state index contributed by atoms with van der Waals surface area (Å²) in [4.78, 5) is 34.7. The molecule has 6 rings (SSSR count). The molecule has 5 fully saturated rings. The molecule has 2 heterocycles. The van der Waals surface area contributed by atoms with Crippen LogP contribution in [-0.4, -0.2) is 45.1 Å². The molecule has 6 heteroatoms. The summed E-state index contributed by atoms with van der Waals surface area (Å²) in [5, 5.41) is 9.45. The van der Waals surface area contributed by atoms with Crippen molar-refractivity contribution in [2.24, 2.45) is 17.8 Å². The van der Waals surface area contributed by atoms with Crippen LogP contribution in [0.1, 0.15) is 67.5 Å². The molecule has 1 saturated heterocycles. The number of aliphatic hydroxyl groups is 1. The number of aliphatic hydroxyl groups excluding tert-OH is 1. The maximum Gasteiger partial charge on any atom is 0.263 e. The van der Waals surface area contributed by atoms with E-state index in [0.717, 1.165) is 55.7 Å². The van der Waals surface area contributed by atoms with Crippen LogP contribution in [0.3, 0.4) is 0 Å². The van der Waals surface area contributed by atoms with E-state index in [4.69, 9.17) is 0 Å². The Kier molecular flexibility index (Phi) is 3.75. The van der Waals surface area contributed by atoms with Gasteiger partial charge in [-0.05, 0) is 69.1 Å². The number of rotatable bonds is 3. The van der Waals surface area contributed by atoms with Gasteiger partial charge in [-0.1, -0.05) is 0 Å². The zero-order valence-electron chi connectivity index (χ0n) is 15.1. The van der Waals surface area contributed by atoms with Gasteiger partial charge in [-0.3, -0.25) is 9.59 Å². The average molecular weight is 357 g/mol. The maximum atomic E-state index is 12.8. The molecule has 4 bridgehead atoms. The first-order valence-corrected chi connectivity index (χ1v) is 10.1. The Hall–Kier alpha value is -1.69. The minimum Gasteiger partial charge on any atom is -0.394 e. The number of hydrogen-bond donors (Lipinski definition) is 2. The lowest BCUT2D eigenvalue weighted by atomic mass is 9.49. The van der Waals surface area contributed by atoms with Crippen molar-refractivity contribution < 1.29 is 9.90 Å². The molecule has 6 nitrogen and oxygen atoms in total. The van der Waals surface area contributed by atoms with Crippen molar-refractivity contribution in [1.82, 2.24) is 14.9 Å². The summed E-state index contributed by atoms with van der Waals surface area (Å²) in [7, 11) is 0. The van der Waals surface area contributed by atoms with Crippen LogP contribution in [0.5, 0.6) is 0 Å². The van der Waals surface area contributed by atoms with Gasteiger partial charge in [0.25, 0.3) is 11.5 Å². The van der Waals surface area contributed by atoms with Crippen LogP contribution in [0.2, 0.25) is 0 Å². The molecule has 2 N–H and O–H groups in total. The predicted octanol–water partition coefficient (Wildman–Crippen LogP) is 1.83. The number of H-pyrrole nitrogens is 1. The fourth-order valence-electron chi connectivity index (χ4n) is 6.66. The van der Waals surface area contributed by atoms with Crippen molar-refractivity contribution >= 4 is 5.91 Å². The Morgan fingerprint density at radius 2 is 1.88 bits per heavy atom. The fraction of sp³-hybridized carbons (Fsp3) is 0.750. The zero-order valence-corrected chi connectivity index (χ0v) is 15.1. The van der Waals surface area contributed by atoms with Crippen LogP contribution in [0.4, 0.5) is 0 Å². The molecule has 140 valence electrons. The third-order valence-electron chi connectivity index (χ3n) is 7.42. The number of likely N-dealkylation sites (tertiary alicyclic amines) is 1. The van der Waals surface area contributed by atoms with Gasteiger partial charge in [0.1, 0.15) is 11.4 Å². The Labute approximate surface area is 153 Å². The van der Waals surface area contributed by atoms with Crippen LogP contribution in [0.25, 0.3) is 0 Å². The number of carbonyl (C=O) groups excluding carboxylic acids is 1. The molecule has 1 aromatic heterocycles. The minimum absolute atomic E-state index is 0.0246. The number of nitrogens with zero attached hydrogens (tertiary/aromatic N) is 2. The number of aromatic amines is 1.